The van der Waals surface area contributed by atoms with Crippen molar-refractivity contribution in [2.75, 3.05) is 39.4 Å². The van der Waals surface area contributed by atoms with Gasteiger partial charge in [-0.3, -0.25) is 14.6 Å². The average molecular weight is 488 g/mol. The van der Waals surface area contributed by atoms with E-state index in [9.17, 15) is 9.59 Å². The summed E-state index contributed by atoms with van der Waals surface area (Å²) in [7, 11) is 0. The number of ether oxygens (including phenoxy) is 2. The quantitative estimate of drug-likeness (QED) is 0.544. The van der Waals surface area contributed by atoms with Crippen molar-refractivity contribution < 1.29 is 19.1 Å². The lowest BCUT2D eigenvalue weighted by molar-refractivity contribution is -0.170. The number of nitrogens with zero attached hydrogens (tertiary/aromatic N) is 3. The second-order valence-electron chi connectivity index (χ2n) is 9.50. The third-order valence-electron chi connectivity index (χ3n) is 7.28. The monoisotopic (exact) mass is 487 g/mol. The molecule has 1 aromatic heterocycles. The molecule has 1 fully saturated rings. The molecule has 7 nitrogen and oxygen atoms in total. The van der Waals surface area contributed by atoms with Crippen LogP contribution in [0.4, 0.5) is 0 Å². The van der Waals surface area contributed by atoms with E-state index in [0.29, 0.717) is 45.0 Å². The van der Waals surface area contributed by atoms with E-state index in [4.69, 9.17) is 9.47 Å². The zero-order valence-electron chi connectivity index (χ0n) is 20.8. The fraction of sp³-hybridized carbons (Fsp3) is 0.414. The van der Waals surface area contributed by atoms with Crippen LogP contribution in [0.5, 0.6) is 5.75 Å². The molecule has 0 bridgehead atoms. The molecule has 1 atom stereocenters. The molecule has 1 spiro atoms. The fourth-order valence-corrected chi connectivity index (χ4v) is 5.32. The minimum atomic E-state index is -1.06. The molecule has 3 heterocycles. The highest BCUT2D eigenvalue weighted by molar-refractivity contribution is 6.05. The predicted molar refractivity (Wildman–Crippen MR) is 138 cm³/mol. The summed E-state index contributed by atoms with van der Waals surface area (Å²) in [6.45, 7) is 4.37. The van der Waals surface area contributed by atoms with Crippen LogP contribution in [0.3, 0.4) is 0 Å². The van der Waals surface area contributed by atoms with Crippen LogP contribution < -0.4 is 4.74 Å². The molecule has 0 N–H and O–H groups in total. The van der Waals surface area contributed by atoms with Crippen molar-refractivity contribution in [1.29, 1.82) is 0 Å². The van der Waals surface area contributed by atoms with Crippen molar-refractivity contribution in [3.05, 3.63) is 72.1 Å². The molecule has 36 heavy (non-hydrogen) atoms. The van der Waals surface area contributed by atoms with E-state index in [1.54, 1.807) is 16.0 Å². The van der Waals surface area contributed by atoms with Gasteiger partial charge in [0.2, 0.25) is 0 Å². The standard InChI is InChI=1S/C29H33N3O4/c1-2-31-17-19-35-25-13-6-4-10-23(25)11-7-8-15-29(28(31)34)21-32(18-20-36-29)27(33)26-24-12-5-3-9-22(24)14-16-30-26/h3-6,9-10,12-14,16H,2,7-8,11,15,17-21H2,1H3. The molecular weight excluding hydrogens is 454 g/mol. The van der Waals surface area contributed by atoms with Gasteiger partial charge in [-0.05, 0) is 55.7 Å². The second kappa shape index (κ2) is 10.7. The van der Waals surface area contributed by atoms with Crippen LogP contribution in [-0.2, 0) is 16.0 Å². The molecule has 188 valence electrons. The van der Waals surface area contributed by atoms with Gasteiger partial charge in [-0.15, -0.1) is 0 Å². The first-order valence-corrected chi connectivity index (χ1v) is 12.9. The molecule has 0 aliphatic carbocycles. The Kier molecular flexibility index (Phi) is 7.18. The number of hydrogen-bond donors (Lipinski definition) is 0. The molecule has 0 radical (unpaired) electrons. The summed E-state index contributed by atoms with van der Waals surface area (Å²) < 4.78 is 12.3. The lowest BCUT2D eigenvalue weighted by Gasteiger charge is -2.44. The Morgan fingerprint density at radius 1 is 1.03 bits per heavy atom. The zero-order valence-corrected chi connectivity index (χ0v) is 20.8. The smallest absolute Gasteiger partial charge is 0.273 e. The van der Waals surface area contributed by atoms with Crippen molar-refractivity contribution in [2.24, 2.45) is 0 Å². The third kappa shape index (κ3) is 4.80. The predicted octanol–water partition coefficient (Wildman–Crippen LogP) is 4.10. The van der Waals surface area contributed by atoms with E-state index >= 15 is 0 Å². The third-order valence-corrected chi connectivity index (χ3v) is 7.28. The van der Waals surface area contributed by atoms with Gasteiger partial charge in [-0.25, -0.2) is 0 Å². The van der Waals surface area contributed by atoms with Crippen molar-refractivity contribution in [3.8, 4) is 5.75 Å². The van der Waals surface area contributed by atoms with Gasteiger partial charge in [-0.2, -0.15) is 0 Å². The van der Waals surface area contributed by atoms with Crippen LogP contribution in [0.1, 0.15) is 42.2 Å². The van der Waals surface area contributed by atoms with Crippen LogP contribution >= 0.6 is 0 Å². The van der Waals surface area contributed by atoms with Crippen LogP contribution in [0, 0.1) is 0 Å². The highest BCUT2D eigenvalue weighted by atomic mass is 16.5. The molecular formula is C29H33N3O4. The zero-order chi connectivity index (χ0) is 25.0. The SMILES string of the molecule is CCN1CCOc2ccccc2CCCCC2(CN(C(=O)c3nccc4ccccc34)CCO2)C1=O. The molecule has 0 saturated carbocycles. The number of para-hydroxylation sites is 1. The first-order chi connectivity index (χ1) is 17.6. The highest BCUT2D eigenvalue weighted by Crippen LogP contribution is 2.30. The molecule has 3 aromatic rings. The summed E-state index contributed by atoms with van der Waals surface area (Å²) in [4.78, 5) is 35.6. The lowest BCUT2D eigenvalue weighted by Crippen LogP contribution is -2.62. The summed E-state index contributed by atoms with van der Waals surface area (Å²) in [6, 6.07) is 17.8. The molecule has 2 aliphatic rings. The maximum absolute atomic E-state index is 13.9. The summed E-state index contributed by atoms with van der Waals surface area (Å²) >= 11 is 0. The Bertz CT molecular complexity index is 1240. The van der Waals surface area contributed by atoms with Gasteiger partial charge in [0.05, 0.1) is 19.7 Å². The first-order valence-electron chi connectivity index (χ1n) is 12.9. The van der Waals surface area contributed by atoms with Gasteiger partial charge >= 0.3 is 0 Å². The maximum atomic E-state index is 13.9. The van der Waals surface area contributed by atoms with Crippen LogP contribution in [0.15, 0.2) is 60.8 Å². The number of aryl methyl sites for hydroxylation is 1. The largest absolute Gasteiger partial charge is 0.491 e. The summed E-state index contributed by atoms with van der Waals surface area (Å²) in [5, 5.41) is 1.79. The second-order valence-corrected chi connectivity index (χ2v) is 9.50. The Morgan fingerprint density at radius 3 is 2.75 bits per heavy atom. The molecule has 5 rings (SSSR count). The molecule has 2 aromatic carbocycles. The number of likely N-dealkylation sites (N-methyl/N-ethyl adjacent to an activating group) is 1. The number of pyridine rings is 1. The van der Waals surface area contributed by atoms with E-state index < -0.39 is 5.60 Å². The number of benzene rings is 2. The molecule has 2 amide bonds. The Labute approximate surface area is 212 Å². The molecule has 1 saturated heterocycles. The lowest BCUT2D eigenvalue weighted by atomic mass is 9.90. The van der Waals surface area contributed by atoms with E-state index in [1.807, 2.05) is 55.5 Å². The number of morpholine rings is 1. The summed E-state index contributed by atoms with van der Waals surface area (Å²) in [5.41, 5.74) is 0.542. The number of rotatable bonds is 2. The number of fused-ring (bicyclic) bond motifs is 2. The molecule has 7 heteroatoms. The van der Waals surface area contributed by atoms with Crippen molar-refractivity contribution in [3.63, 3.8) is 0 Å². The van der Waals surface area contributed by atoms with Crippen LogP contribution in [0.25, 0.3) is 10.8 Å². The van der Waals surface area contributed by atoms with Gasteiger partial charge in [0.15, 0.2) is 5.60 Å². The van der Waals surface area contributed by atoms with Gasteiger partial charge in [0.1, 0.15) is 18.1 Å². The van der Waals surface area contributed by atoms with Crippen molar-refractivity contribution in [1.82, 2.24) is 14.8 Å². The number of hydrogen-bond acceptors (Lipinski definition) is 5. The fourth-order valence-electron chi connectivity index (χ4n) is 5.32. The Morgan fingerprint density at radius 2 is 1.86 bits per heavy atom. The number of carbonyl (C=O) groups excluding carboxylic acids is 2. The Balaban J connectivity index is 1.41. The average Bonchev–Trinajstić information content (AvgIpc) is 2.92. The number of aromatic nitrogens is 1. The molecule has 1 unspecified atom stereocenters. The van der Waals surface area contributed by atoms with Gasteiger partial charge in [0, 0.05) is 24.7 Å². The van der Waals surface area contributed by atoms with Crippen molar-refractivity contribution in [2.45, 2.75) is 38.2 Å². The van der Waals surface area contributed by atoms with Crippen molar-refractivity contribution >= 4 is 22.6 Å². The normalized spacial score (nSPS) is 21.4. The minimum absolute atomic E-state index is 0.0640. The van der Waals surface area contributed by atoms with E-state index in [-0.39, 0.29) is 18.4 Å². The highest BCUT2D eigenvalue weighted by Gasteiger charge is 2.46. The number of amides is 2. The minimum Gasteiger partial charge on any atom is -0.491 e. The van der Waals surface area contributed by atoms with E-state index in [1.165, 1.54) is 5.56 Å². The van der Waals surface area contributed by atoms with Crippen LogP contribution in [-0.4, -0.2) is 71.6 Å². The topological polar surface area (TPSA) is 72.0 Å². The van der Waals surface area contributed by atoms with Gasteiger partial charge in [0.25, 0.3) is 11.8 Å². The Hall–Kier alpha value is -3.45. The first kappa shape index (κ1) is 24.3. The summed E-state index contributed by atoms with van der Waals surface area (Å²) in [6.07, 6.45) is 4.83. The number of carbonyl (C=O) groups is 2. The van der Waals surface area contributed by atoms with Gasteiger partial charge in [-0.1, -0.05) is 42.5 Å². The van der Waals surface area contributed by atoms with E-state index in [2.05, 4.69) is 11.1 Å². The van der Waals surface area contributed by atoms with E-state index in [0.717, 1.165) is 35.8 Å². The summed E-state index contributed by atoms with van der Waals surface area (Å²) in [5.74, 6) is 0.670. The molecule has 2 aliphatic heterocycles. The van der Waals surface area contributed by atoms with Crippen LogP contribution in [0.2, 0.25) is 0 Å². The van der Waals surface area contributed by atoms with Gasteiger partial charge < -0.3 is 19.3 Å². The maximum Gasteiger partial charge on any atom is 0.273 e.